The van der Waals surface area contributed by atoms with Gasteiger partial charge in [-0.3, -0.25) is 14.9 Å². The number of anilines is 1. The van der Waals surface area contributed by atoms with Gasteiger partial charge in [0.05, 0.1) is 6.42 Å². The highest BCUT2D eigenvalue weighted by atomic mass is 32.1. The molecule has 4 rings (SSSR count). The van der Waals surface area contributed by atoms with Gasteiger partial charge in [0.15, 0.2) is 5.13 Å². The zero-order valence-electron chi connectivity index (χ0n) is 19.4. The number of aliphatic carboxylic acids is 1. The molecule has 0 atom stereocenters. The van der Waals surface area contributed by atoms with Crippen LogP contribution < -0.4 is 5.32 Å². The standard InChI is InChI=1S/C26H27N3O5S/c1-2-29(14-13-24(31)32)23(30)12-11-17-15-27-25(35-17)28-26(33)34-16-22-20-9-5-3-7-18(20)19-8-4-6-10-21(19)22/h3-10,15,22H,2,11-14,16H2,1H3,(H,31,32)(H,27,28,33). The van der Waals surface area contributed by atoms with E-state index in [1.165, 1.54) is 27.4 Å². The predicted molar refractivity (Wildman–Crippen MR) is 134 cm³/mol. The molecule has 2 N–H and O–H groups in total. The van der Waals surface area contributed by atoms with E-state index >= 15 is 0 Å². The number of carboxylic acid groups (broad SMARTS) is 1. The van der Waals surface area contributed by atoms with Crippen LogP contribution >= 0.6 is 11.3 Å². The first-order valence-electron chi connectivity index (χ1n) is 11.5. The number of fused-ring (bicyclic) bond motifs is 3. The van der Waals surface area contributed by atoms with Gasteiger partial charge in [-0.2, -0.15) is 0 Å². The number of aromatic nitrogens is 1. The number of carbonyl (C=O) groups is 3. The SMILES string of the molecule is CCN(CCC(=O)O)C(=O)CCc1cnc(NC(=O)OCC2c3ccccc3-c3ccccc32)s1. The summed E-state index contributed by atoms with van der Waals surface area (Å²) >= 11 is 1.29. The first kappa shape index (κ1) is 24.4. The van der Waals surface area contributed by atoms with Crippen LogP contribution in [0.2, 0.25) is 0 Å². The summed E-state index contributed by atoms with van der Waals surface area (Å²) in [6.07, 6.45) is 1.69. The molecule has 8 nitrogen and oxygen atoms in total. The third-order valence-electron chi connectivity index (χ3n) is 6.02. The summed E-state index contributed by atoms with van der Waals surface area (Å²) in [4.78, 5) is 42.2. The minimum Gasteiger partial charge on any atom is -0.481 e. The molecular formula is C26H27N3O5S. The monoisotopic (exact) mass is 493 g/mol. The highest BCUT2D eigenvalue weighted by Gasteiger charge is 2.29. The predicted octanol–water partition coefficient (Wildman–Crippen LogP) is 4.76. The molecule has 1 aliphatic carbocycles. The first-order valence-corrected chi connectivity index (χ1v) is 12.3. The molecule has 1 aromatic heterocycles. The lowest BCUT2D eigenvalue weighted by molar-refractivity contribution is -0.138. The van der Waals surface area contributed by atoms with Gasteiger partial charge in [0, 0.05) is 36.5 Å². The molecule has 2 amide bonds. The summed E-state index contributed by atoms with van der Waals surface area (Å²) < 4.78 is 5.55. The van der Waals surface area contributed by atoms with E-state index in [4.69, 9.17) is 9.84 Å². The molecule has 0 saturated heterocycles. The Bertz CT molecular complexity index is 1180. The number of rotatable bonds is 10. The Morgan fingerprint density at radius 2 is 1.71 bits per heavy atom. The molecule has 9 heteroatoms. The molecule has 3 aromatic rings. The van der Waals surface area contributed by atoms with Gasteiger partial charge in [-0.25, -0.2) is 9.78 Å². The maximum Gasteiger partial charge on any atom is 0.413 e. The van der Waals surface area contributed by atoms with Gasteiger partial charge in [0.2, 0.25) is 5.91 Å². The number of ether oxygens (including phenoxy) is 1. The highest BCUT2D eigenvalue weighted by Crippen LogP contribution is 2.44. The lowest BCUT2D eigenvalue weighted by Gasteiger charge is -2.19. The van der Waals surface area contributed by atoms with E-state index in [9.17, 15) is 14.4 Å². The van der Waals surface area contributed by atoms with Gasteiger partial charge in [0.1, 0.15) is 6.61 Å². The minimum atomic E-state index is -0.928. The van der Waals surface area contributed by atoms with E-state index in [1.807, 2.05) is 31.2 Å². The van der Waals surface area contributed by atoms with Gasteiger partial charge < -0.3 is 14.7 Å². The molecule has 0 spiro atoms. The Morgan fingerprint density at radius 1 is 1.06 bits per heavy atom. The van der Waals surface area contributed by atoms with Gasteiger partial charge in [-0.1, -0.05) is 48.5 Å². The van der Waals surface area contributed by atoms with Crippen molar-refractivity contribution in [2.45, 2.75) is 32.1 Å². The quantitative estimate of drug-likeness (QED) is 0.422. The van der Waals surface area contributed by atoms with Crippen LogP contribution in [0.3, 0.4) is 0 Å². The largest absolute Gasteiger partial charge is 0.481 e. The van der Waals surface area contributed by atoms with Gasteiger partial charge in [-0.05, 0) is 35.6 Å². The number of thiazole rings is 1. The first-order chi connectivity index (χ1) is 17.0. The third kappa shape index (κ3) is 5.86. The topological polar surface area (TPSA) is 109 Å². The van der Waals surface area contributed by atoms with Crippen molar-refractivity contribution in [2.75, 3.05) is 25.0 Å². The van der Waals surface area contributed by atoms with Crippen LogP contribution in [-0.2, 0) is 20.7 Å². The van der Waals surface area contributed by atoms with Crippen molar-refractivity contribution >= 4 is 34.4 Å². The smallest absolute Gasteiger partial charge is 0.413 e. The van der Waals surface area contributed by atoms with Crippen molar-refractivity contribution in [3.63, 3.8) is 0 Å². The van der Waals surface area contributed by atoms with Crippen LogP contribution in [0.4, 0.5) is 9.93 Å². The molecule has 35 heavy (non-hydrogen) atoms. The zero-order valence-corrected chi connectivity index (χ0v) is 20.2. The van der Waals surface area contributed by atoms with Crippen LogP contribution in [-0.4, -0.2) is 52.7 Å². The fraction of sp³-hybridized carbons (Fsp3) is 0.308. The normalized spacial score (nSPS) is 12.0. The van der Waals surface area contributed by atoms with Crippen molar-refractivity contribution in [1.29, 1.82) is 0 Å². The molecule has 1 heterocycles. The van der Waals surface area contributed by atoms with Crippen LogP contribution in [0, 0.1) is 0 Å². The number of hydrogen-bond acceptors (Lipinski definition) is 6. The number of carboxylic acids is 1. The third-order valence-corrected chi connectivity index (χ3v) is 6.99. The molecule has 2 aromatic carbocycles. The second-order valence-corrected chi connectivity index (χ2v) is 9.31. The van der Waals surface area contributed by atoms with Gasteiger partial charge in [-0.15, -0.1) is 11.3 Å². The summed E-state index contributed by atoms with van der Waals surface area (Å²) in [5.74, 6) is -1.05. The molecular weight excluding hydrogens is 466 g/mol. The van der Waals surface area contributed by atoms with Crippen molar-refractivity contribution < 1.29 is 24.2 Å². The highest BCUT2D eigenvalue weighted by molar-refractivity contribution is 7.15. The van der Waals surface area contributed by atoms with Crippen molar-refractivity contribution in [2.24, 2.45) is 0 Å². The Kier molecular flexibility index (Phi) is 7.77. The van der Waals surface area contributed by atoms with Crippen LogP contribution in [0.5, 0.6) is 0 Å². The van der Waals surface area contributed by atoms with Crippen molar-refractivity contribution in [3.05, 3.63) is 70.7 Å². The van der Waals surface area contributed by atoms with E-state index in [0.717, 1.165) is 16.0 Å². The minimum absolute atomic E-state index is 0.0198. The van der Waals surface area contributed by atoms with Gasteiger partial charge in [0.25, 0.3) is 0 Å². The molecule has 182 valence electrons. The number of carbonyl (C=O) groups excluding carboxylic acids is 2. The zero-order chi connectivity index (χ0) is 24.8. The summed E-state index contributed by atoms with van der Waals surface area (Å²) in [6, 6.07) is 16.3. The molecule has 0 radical (unpaired) electrons. The second kappa shape index (κ2) is 11.1. The summed E-state index contributed by atoms with van der Waals surface area (Å²) in [7, 11) is 0. The number of amides is 2. The number of aryl methyl sites for hydroxylation is 1. The number of nitrogens with one attached hydrogen (secondary N) is 1. The average molecular weight is 494 g/mol. The summed E-state index contributed by atoms with van der Waals surface area (Å²) in [5.41, 5.74) is 4.63. The maximum atomic E-state index is 12.4. The fourth-order valence-electron chi connectivity index (χ4n) is 4.28. The Labute approximate surface area is 207 Å². The molecule has 0 unspecified atom stereocenters. The Balaban J connectivity index is 1.28. The number of hydrogen-bond donors (Lipinski definition) is 2. The number of nitrogens with zero attached hydrogens (tertiary/aromatic N) is 2. The molecule has 1 aliphatic rings. The molecule has 0 aliphatic heterocycles. The fourth-order valence-corrected chi connectivity index (χ4v) is 5.08. The Hall–Kier alpha value is -3.72. The van der Waals surface area contributed by atoms with E-state index in [-0.39, 0.29) is 37.8 Å². The summed E-state index contributed by atoms with van der Waals surface area (Å²) in [5, 5.41) is 11.9. The van der Waals surface area contributed by atoms with Crippen molar-refractivity contribution in [1.82, 2.24) is 9.88 Å². The lowest BCUT2D eigenvalue weighted by Crippen LogP contribution is -2.32. The van der Waals surface area contributed by atoms with E-state index < -0.39 is 12.1 Å². The van der Waals surface area contributed by atoms with Crippen LogP contribution in [0.15, 0.2) is 54.7 Å². The maximum absolute atomic E-state index is 12.4. The average Bonchev–Trinajstić information content (AvgIpc) is 3.43. The molecule has 0 bridgehead atoms. The van der Waals surface area contributed by atoms with E-state index in [0.29, 0.717) is 18.1 Å². The Morgan fingerprint density at radius 3 is 2.34 bits per heavy atom. The summed E-state index contributed by atoms with van der Waals surface area (Å²) in [6.45, 7) is 2.70. The molecule has 0 fully saturated rings. The lowest BCUT2D eigenvalue weighted by atomic mass is 9.98. The van der Waals surface area contributed by atoms with E-state index in [2.05, 4.69) is 34.6 Å². The number of benzene rings is 2. The van der Waals surface area contributed by atoms with Crippen molar-refractivity contribution in [3.8, 4) is 11.1 Å². The van der Waals surface area contributed by atoms with Crippen LogP contribution in [0.25, 0.3) is 11.1 Å². The molecule has 0 saturated carbocycles. The second-order valence-electron chi connectivity index (χ2n) is 8.20. The van der Waals surface area contributed by atoms with Gasteiger partial charge >= 0.3 is 12.1 Å². The van der Waals surface area contributed by atoms with Crippen LogP contribution in [0.1, 0.15) is 41.7 Å². The van der Waals surface area contributed by atoms with E-state index in [1.54, 1.807) is 6.20 Å².